The molecule has 78 valence electrons. The molecule has 2 rings (SSSR count). The summed E-state index contributed by atoms with van der Waals surface area (Å²) in [5, 5.41) is 3.30. The van der Waals surface area contributed by atoms with Gasteiger partial charge in [0, 0.05) is 37.8 Å². The fraction of sp³-hybridized carbons (Fsp3) is 0.200. The highest BCUT2D eigenvalue weighted by atomic mass is 79.9. The Bertz CT molecular complexity index is 413. The first kappa shape index (κ1) is 10.2. The molecule has 0 saturated heterocycles. The fourth-order valence-electron chi connectivity index (χ4n) is 1.27. The Labute approximate surface area is 96.3 Å². The van der Waals surface area contributed by atoms with Crippen molar-refractivity contribution >= 4 is 21.6 Å². The van der Waals surface area contributed by atoms with E-state index >= 15 is 0 Å². The number of hydrogen-bond acceptors (Lipinski definition) is 3. The van der Waals surface area contributed by atoms with Gasteiger partial charge in [0.2, 0.25) is 0 Å². The number of rotatable bonds is 4. The molecule has 5 heteroatoms. The zero-order valence-corrected chi connectivity index (χ0v) is 9.66. The van der Waals surface area contributed by atoms with Crippen molar-refractivity contribution in [3.8, 4) is 0 Å². The van der Waals surface area contributed by atoms with Crippen LogP contribution in [0.3, 0.4) is 0 Å². The molecule has 2 aromatic rings. The fourth-order valence-corrected chi connectivity index (χ4v) is 1.66. The number of aromatic amines is 1. The van der Waals surface area contributed by atoms with Gasteiger partial charge in [-0.15, -0.1) is 0 Å². The molecule has 0 unspecified atom stereocenters. The van der Waals surface area contributed by atoms with E-state index in [1.54, 1.807) is 18.6 Å². The molecule has 0 radical (unpaired) electrons. The average Bonchev–Trinajstić information content (AvgIpc) is 2.74. The van der Waals surface area contributed by atoms with Crippen molar-refractivity contribution in [2.75, 3.05) is 11.9 Å². The van der Waals surface area contributed by atoms with E-state index in [9.17, 15) is 0 Å². The first-order valence-electron chi connectivity index (χ1n) is 4.68. The standard InChI is InChI=1S/C10H11BrN4/c11-8-7-12-3-1-9(8)13-4-2-10-14-5-6-15-10/h1,3,5-7H,2,4H2,(H,12,13)(H,14,15). The number of imidazole rings is 1. The predicted molar refractivity (Wildman–Crippen MR) is 62.7 cm³/mol. The van der Waals surface area contributed by atoms with E-state index in [0.29, 0.717) is 0 Å². The summed E-state index contributed by atoms with van der Waals surface area (Å²) >= 11 is 3.43. The van der Waals surface area contributed by atoms with E-state index in [1.807, 2.05) is 12.3 Å². The van der Waals surface area contributed by atoms with E-state index in [0.717, 1.165) is 29.0 Å². The molecule has 2 N–H and O–H groups in total. The van der Waals surface area contributed by atoms with Crippen molar-refractivity contribution in [3.63, 3.8) is 0 Å². The molecule has 0 amide bonds. The third-order valence-electron chi connectivity index (χ3n) is 2.00. The van der Waals surface area contributed by atoms with Gasteiger partial charge in [-0.3, -0.25) is 4.98 Å². The third kappa shape index (κ3) is 2.79. The van der Waals surface area contributed by atoms with Gasteiger partial charge in [-0.2, -0.15) is 0 Å². The average molecular weight is 267 g/mol. The number of nitrogens with one attached hydrogen (secondary N) is 2. The van der Waals surface area contributed by atoms with Crippen molar-refractivity contribution < 1.29 is 0 Å². The van der Waals surface area contributed by atoms with E-state index in [2.05, 4.69) is 36.2 Å². The van der Waals surface area contributed by atoms with Gasteiger partial charge in [-0.25, -0.2) is 4.98 Å². The Balaban J connectivity index is 1.86. The second-order valence-corrected chi connectivity index (χ2v) is 3.92. The van der Waals surface area contributed by atoms with Crippen LogP contribution in [0.2, 0.25) is 0 Å². The SMILES string of the molecule is Brc1cnccc1NCCc1ncc[nH]1. The molecule has 0 bridgehead atoms. The van der Waals surface area contributed by atoms with Crippen molar-refractivity contribution in [3.05, 3.63) is 41.2 Å². The van der Waals surface area contributed by atoms with Crippen molar-refractivity contribution in [1.29, 1.82) is 0 Å². The molecule has 0 aliphatic carbocycles. The second kappa shape index (κ2) is 4.93. The monoisotopic (exact) mass is 266 g/mol. The molecule has 2 heterocycles. The van der Waals surface area contributed by atoms with Crippen LogP contribution >= 0.6 is 15.9 Å². The van der Waals surface area contributed by atoms with Crippen molar-refractivity contribution in [1.82, 2.24) is 15.0 Å². The Morgan fingerprint density at radius 3 is 3.07 bits per heavy atom. The number of anilines is 1. The highest BCUT2D eigenvalue weighted by Crippen LogP contribution is 2.19. The molecule has 4 nitrogen and oxygen atoms in total. The van der Waals surface area contributed by atoms with Crippen LogP contribution in [-0.4, -0.2) is 21.5 Å². The lowest BCUT2D eigenvalue weighted by atomic mass is 10.3. The minimum absolute atomic E-state index is 0.843. The summed E-state index contributed by atoms with van der Waals surface area (Å²) in [6.45, 7) is 0.843. The lowest BCUT2D eigenvalue weighted by Crippen LogP contribution is -2.06. The van der Waals surface area contributed by atoms with Gasteiger partial charge in [0.15, 0.2) is 0 Å². The molecule has 0 spiro atoms. The minimum Gasteiger partial charge on any atom is -0.384 e. The zero-order valence-electron chi connectivity index (χ0n) is 8.07. The van der Waals surface area contributed by atoms with Crippen LogP contribution < -0.4 is 5.32 Å². The van der Waals surface area contributed by atoms with Crippen LogP contribution in [0, 0.1) is 0 Å². The quantitative estimate of drug-likeness (QED) is 0.893. The number of hydrogen-bond donors (Lipinski definition) is 2. The highest BCUT2D eigenvalue weighted by molar-refractivity contribution is 9.10. The van der Waals surface area contributed by atoms with Gasteiger partial charge >= 0.3 is 0 Å². The first-order chi connectivity index (χ1) is 7.36. The van der Waals surface area contributed by atoms with Crippen molar-refractivity contribution in [2.45, 2.75) is 6.42 Å². The molecule has 0 aliphatic heterocycles. The Hall–Kier alpha value is -1.36. The van der Waals surface area contributed by atoms with E-state index < -0.39 is 0 Å². The zero-order chi connectivity index (χ0) is 10.5. The largest absolute Gasteiger partial charge is 0.384 e. The molecule has 0 aliphatic rings. The molecule has 0 atom stereocenters. The molecular formula is C10H11BrN4. The number of aromatic nitrogens is 3. The van der Waals surface area contributed by atoms with Gasteiger partial charge in [0.05, 0.1) is 10.2 Å². The van der Waals surface area contributed by atoms with Crippen molar-refractivity contribution in [2.24, 2.45) is 0 Å². The molecule has 0 aromatic carbocycles. The molecule has 0 fully saturated rings. The van der Waals surface area contributed by atoms with E-state index in [4.69, 9.17) is 0 Å². The summed E-state index contributed by atoms with van der Waals surface area (Å²) < 4.78 is 0.976. The van der Waals surface area contributed by atoms with Gasteiger partial charge in [-0.05, 0) is 22.0 Å². The van der Waals surface area contributed by atoms with Crippen LogP contribution in [0.4, 0.5) is 5.69 Å². The maximum atomic E-state index is 4.15. The second-order valence-electron chi connectivity index (χ2n) is 3.07. The normalized spacial score (nSPS) is 10.2. The van der Waals surface area contributed by atoms with Gasteiger partial charge < -0.3 is 10.3 Å². The molecular weight excluding hydrogens is 256 g/mol. The lowest BCUT2D eigenvalue weighted by molar-refractivity contribution is 0.926. The van der Waals surface area contributed by atoms with Crippen LogP contribution in [0.5, 0.6) is 0 Å². The maximum Gasteiger partial charge on any atom is 0.107 e. The number of nitrogens with zero attached hydrogens (tertiary/aromatic N) is 2. The van der Waals surface area contributed by atoms with Gasteiger partial charge in [-0.1, -0.05) is 0 Å². The van der Waals surface area contributed by atoms with Crippen LogP contribution in [0.15, 0.2) is 35.3 Å². The number of halogens is 1. The van der Waals surface area contributed by atoms with Crippen LogP contribution in [-0.2, 0) is 6.42 Å². The topological polar surface area (TPSA) is 53.6 Å². The summed E-state index contributed by atoms with van der Waals surface area (Å²) in [7, 11) is 0. The Kier molecular flexibility index (Phi) is 3.34. The lowest BCUT2D eigenvalue weighted by Gasteiger charge is -2.06. The van der Waals surface area contributed by atoms with E-state index in [1.165, 1.54) is 0 Å². The maximum absolute atomic E-state index is 4.15. The summed E-state index contributed by atoms with van der Waals surface area (Å²) in [4.78, 5) is 11.2. The van der Waals surface area contributed by atoms with Gasteiger partial charge in [0.1, 0.15) is 5.82 Å². The molecule has 15 heavy (non-hydrogen) atoms. The number of H-pyrrole nitrogens is 1. The molecule has 2 aromatic heterocycles. The minimum atomic E-state index is 0.843. The smallest absolute Gasteiger partial charge is 0.107 e. The van der Waals surface area contributed by atoms with Crippen LogP contribution in [0.25, 0.3) is 0 Å². The highest BCUT2D eigenvalue weighted by Gasteiger charge is 1.98. The van der Waals surface area contributed by atoms with Crippen LogP contribution in [0.1, 0.15) is 5.82 Å². The van der Waals surface area contributed by atoms with Gasteiger partial charge in [0.25, 0.3) is 0 Å². The first-order valence-corrected chi connectivity index (χ1v) is 5.47. The third-order valence-corrected chi connectivity index (χ3v) is 2.64. The number of pyridine rings is 1. The predicted octanol–water partition coefficient (Wildman–Crippen LogP) is 2.22. The molecule has 0 saturated carbocycles. The Morgan fingerprint density at radius 2 is 2.33 bits per heavy atom. The van der Waals surface area contributed by atoms with E-state index in [-0.39, 0.29) is 0 Å². The Morgan fingerprint density at radius 1 is 1.40 bits per heavy atom. The summed E-state index contributed by atoms with van der Waals surface area (Å²) in [6, 6.07) is 1.94. The summed E-state index contributed by atoms with van der Waals surface area (Å²) in [5.74, 6) is 0.993. The summed E-state index contributed by atoms with van der Waals surface area (Å²) in [6.07, 6.45) is 8.01. The summed E-state index contributed by atoms with van der Waals surface area (Å²) in [5.41, 5.74) is 1.05.